The molecule has 1 saturated carbocycles. The number of hydrogen-bond acceptors (Lipinski definition) is 2. The molecule has 3 rings (SSSR count). The van der Waals surface area contributed by atoms with Crippen molar-refractivity contribution in [2.45, 2.75) is 38.3 Å². The number of benzene rings is 1. The topological polar surface area (TPSA) is 15.3 Å². The van der Waals surface area contributed by atoms with E-state index in [-0.39, 0.29) is 5.82 Å². The zero-order chi connectivity index (χ0) is 13.9. The van der Waals surface area contributed by atoms with Crippen molar-refractivity contribution in [3.8, 4) is 0 Å². The molecule has 2 aliphatic rings. The van der Waals surface area contributed by atoms with Gasteiger partial charge in [0.05, 0.1) is 0 Å². The van der Waals surface area contributed by atoms with Crippen LogP contribution in [0.5, 0.6) is 0 Å². The van der Waals surface area contributed by atoms with Gasteiger partial charge in [0, 0.05) is 17.1 Å². The Bertz CT molecular complexity index is 454. The van der Waals surface area contributed by atoms with Crippen LogP contribution in [-0.2, 0) is 6.54 Å². The summed E-state index contributed by atoms with van der Waals surface area (Å²) < 4.78 is 14.0. The quantitative estimate of drug-likeness (QED) is 0.881. The molecule has 0 atom stereocenters. The van der Waals surface area contributed by atoms with Gasteiger partial charge in [-0.15, -0.1) is 0 Å². The summed E-state index contributed by atoms with van der Waals surface area (Å²) in [6.07, 6.45) is 5.30. The zero-order valence-corrected chi connectivity index (χ0v) is 13.3. The fraction of sp³-hybridized carbons (Fsp3) is 0.625. The number of rotatable bonds is 5. The van der Waals surface area contributed by atoms with Crippen LogP contribution in [0, 0.1) is 11.7 Å². The van der Waals surface area contributed by atoms with Crippen molar-refractivity contribution in [1.29, 1.82) is 0 Å². The lowest BCUT2D eigenvalue weighted by molar-refractivity contribution is 0.190. The van der Waals surface area contributed by atoms with Gasteiger partial charge in [-0.2, -0.15) is 0 Å². The summed E-state index contributed by atoms with van der Waals surface area (Å²) in [4.78, 5) is 2.47. The van der Waals surface area contributed by atoms with Gasteiger partial charge in [0.2, 0.25) is 0 Å². The molecule has 1 aliphatic carbocycles. The average molecular weight is 341 g/mol. The molecule has 4 heteroatoms. The molecular formula is C16H22BrFN2. The second-order valence-corrected chi connectivity index (χ2v) is 6.99. The van der Waals surface area contributed by atoms with E-state index in [1.165, 1.54) is 37.8 Å². The van der Waals surface area contributed by atoms with Gasteiger partial charge in [-0.05, 0) is 68.9 Å². The van der Waals surface area contributed by atoms with Crippen LogP contribution < -0.4 is 5.32 Å². The SMILES string of the molecule is Fc1ccc(CN2CCC(NCC3CC3)CC2)c(Br)c1. The Hall–Kier alpha value is -0.450. The molecule has 0 spiro atoms. The van der Waals surface area contributed by atoms with Gasteiger partial charge in [0.1, 0.15) is 5.82 Å². The molecule has 1 aliphatic heterocycles. The summed E-state index contributed by atoms with van der Waals surface area (Å²) in [5, 5.41) is 3.70. The van der Waals surface area contributed by atoms with E-state index >= 15 is 0 Å². The minimum atomic E-state index is -0.177. The number of likely N-dealkylation sites (tertiary alicyclic amines) is 1. The molecule has 1 aromatic rings. The van der Waals surface area contributed by atoms with Crippen molar-refractivity contribution < 1.29 is 4.39 Å². The number of halogens is 2. The minimum Gasteiger partial charge on any atom is -0.314 e. The summed E-state index contributed by atoms with van der Waals surface area (Å²) in [6, 6.07) is 5.68. The predicted octanol–water partition coefficient (Wildman–Crippen LogP) is 3.55. The summed E-state index contributed by atoms with van der Waals surface area (Å²) >= 11 is 3.45. The van der Waals surface area contributed by atoms with Crippen molar-refractivity contribution in [2.24, 2.45) is 5.92 Å². The molecule has 2 nitrogen and oxygen atoms in total. The first-order valence-electron chi connectivity index (χ1n) is 7.60. The fourth-order valence-electron chi connectivity index (χ4n) is 2.84. The summed E-state index contributed by atoms with van der Waals surface area (Å²) in [5.74, 6) is 0.784. The van der Waals surface area contributed by atoms with E-state index in [4.69, 9.17) is 0 Å². The smallest absolute Gasteiger partial charge is 0.124 e. The maximum Gasteiger partial charge on any atom is 0.124 e. The lowest BCUT2D eigenvalue weighted by Crippen LogP contribution is -2.42. The molecule has 2 fully saturated rings. The second-order valence-electron chi connectivity index (χ2n) is 6.14. The van der Waals surface area contributed by atoms with Crippen LogP contribution in [0.4, 0.5) is 4.39 Å². The van der Waals surface area contributed by atoms with Gasteiger partial charge in [0.25, 0.3) is 0 Å². The number of nitrogens with zero attached hydrogens (tertiary/aromatic N) is 1. The van der Waals surface area contributed by atoms with E-state index in [2.05, 4.69) is 26.1 Å². The molecule has 0 bridgehead atoms. The Balaban J connectivity index is 1.45. The van der Waals surface area contributed by atoms with Gasteiger partial charge in [-0.3, -0.25) is 4.90 Å². The third kappa shape index (κ3) is 4.03. The van der Waals surface area contributed by atoms with Gasteiger partial charge in [-0.25, -0.2) is 4.39 Å². The van der Waals surface area contributed by atoms with E-state index in [1.807, 2.05) is 6.07 Å². The first-order chi connectivity index (χ1) is 9.70. The molecule has 20 heavy (non-hydrogen) atoms. The largest absolute Gasteiger partial charge is 0.314 e. The Labute approximate surface area is 128 Å². The third-order valence-corrected chi connectivity index (χ3v) is 5.13. The van der Waals surface area contributed by atoms with E-state index < -0.39 is 0 Å². The Kier molecular flexibility index (Phi) is 4.74. The second kappa shape index (κ2) is 6.54. The van der Waals surface area contributed by atoms with E-state index in [0.717, 1.165) is 30.0 Å². The van der Waals surface area contributed by atoms with E-state index in [9.17, 15) is 4.39 Å². The van der Waals surface area contributed by atoms with Crippen molar-refractivity contribution in [3.05, 3.63) is 34.1 Å². The first kappa shape index (κ1) is 14.5. The van der Waals surface area contributed by atoms with Crippen LogP contribution in [0.15, 0.2) is 22.7 Å². The number of hydrogen-bond donors (Lipinski definition) is 1. The molecule has 0 amide bonds. The Morgan fingerprint density at radius 1 is 1.20 bits per heavy atom. The molecule has 1 saturated heterocycles. The Morgan fingerprint density at radius 3 is 2.60 bits per heavy atom. The van der Waals surface area contributed by atoms with Crippen molar-refractivity contribution >= 4 is 15.9 Å². The normalized spacial score (nSPS) is 21.3. The van der Waals surface area contributed by atoms with Gasteiger partial charge >= 0.3 is 0 Å². The number of piperidine rings is 1. The molecule has 1 aromatic carbocycles. The van der Waals surface area contributed by atoms with Crippen molar-refractivity contribution in [1.82, 2.24) is 10.2 Å². The minimum absolute atomic E-state index is 0.177. The standard InChI is InChI=1S/C16H22BrFN2/c17-16-9-14(18)4-3-13(16)11-20-7-5-15(6-8-20)19-10-12-1-2-12/h3-4,9,12,15,19H,1-2,5-8,10-11H2. The maximum atomic E-state index is 13.1. The molecule has 0 aromatic heterocycles. The van der Waals surface area contributed by atoms with Crippen LogP contribution in [0.1, 0.15) is 31.2 Å². The lowest BCUT2D eigenvalue weighted by Gasteiger charge is -2.32. The van der Waals surface area contributed by atoms with Gasteiger partial charge in [-0.1, -0.05) is 22.0 Å². The van der Waals surface area contributed by atoms with Crippen LogP contribution in [0.2, 0.25) is 0 Å². The lowest BCUT2D eigenvalue weighted by atomic mass is 10.0. The Morgan fingerprint density at radius 2 is 1.95 bits per heavy atom. The molecular weight excluding hydrogens is 319 g/mol. The monoisotopic (exact) mass is 340 g/mol. The highest BCUT2D eigenvalue weighted by molar-refractivity contribution is 9.10. The van der Waals surface area contributed by atoms with Gasteiger partial charge in [0.15, 0.2) is 0 Å². The summed E-state index contributed by atoms with van der Waals surface area (Å²) in [5.41, 5.74) is 1.18. The fourth-order valence-corrected chi connectivity index (χ4v) is 3.32. The molecule has 0 radical (unpaired) electrons. The predicted molar refractivity (Wildman–Crippen MR) is 83.1 cm³/mol. The van der Waals surface area contributed by atoms with E-state index in [0.29, 0.717) is 6.04 Å². The summed E-state index contributed by atoms with van der Waals surface area (Å²) in [6.45, 7) is 4.39. The first-order valence-corrected chi connectivity index (χ1v) is 8.39. The molecule has 0 unspecified atom stereocenters. The van der Waals surface area contributed by atoms with Crippen LogP contribution in [0.25, 0.3) is 0 Å². The maximum absolute atomic E-state index is 13.1. The molecule has 1 heterocycles. The summed E-state index contributed by atoms with van der Waals surface area (Å²) in [7, 11) is 0. The zero-order valence-electron chi connectivity index (χ0n) is 11.7. The highest BCUT2D eigenvalue weighted by atomic mass is 79.9. The van der Waals surface area contributed by atoms with E-state index in [1.54, 1.807) is 12.1 Å². The molecule has 1 N–H and O–H groups in total. The van der Waals surface area contributed by atoms with Crippen molar-refractivity contribution in [3.63, 3.8) is 0 Å². The van der Waals surface area contributed by atoms with Crippen LogP contribution in [0.3, 0.4) is 0 Å². The highest BCUT2D eigenvalue weighted by Gasteiger charge is 2.24. The van der Waals surface area contributed by atoms with Crippen molar-refractivity contribution in [2.75, 3.05) is 19.6 Å². The third-order valence-electron chi connectivity index (χ3n) is 4.39. The average Bonchev–Trinajstić information content (AvgIpc) is 3.25. The highest BCUT2D eigenvalue weighted by Crippen LogP contribution is 2.28. The van der Waals surface area contributed by atoms with Gasteiger partial charge < -0.3 is 5.32 Å². The molecule has 110 valence electrons. The van der Waals surface area contributed by atoms with Crippen LogP contribution >= 0.6 is 15.9 Å². The number of nitrogens with one attached hydrogen (secondary N) is 1. The van der Waals surface area contributed by atoms with Crippen LogP contribution in [-0.4, -0.2) is 30.6 Å².